The van der Waals surface area contributed by atoms with E-state index in [1.807, 2.05) is 6.49 Å². The number of allylic oxidation sites excluding steroid dienone is 4. The average molecular weight is 502 g/mol. The van der Waals surface area contributed by atoms with Gasteiger partial charge >= 0.3 is 204 Å². The molecule has 0 N–H and O–H groups in total. The predicted molar refractivity (Wildman–Crippen MR) is 136 cm³/mol. The van der Waals surface area contributed by atoms with Crippen LogP contribution in [0, 0.1) is 0 Å². The summed E-state index contributed by atoms with van der Waals surface area (Å²) >= 11 is -2.06. The van der Waals surface area contributed by atoms with Gasteiger partial charge in [-0.05, 0) is 0 Å². The summed E-state index contributed by atoms with van der Waals surface area (Å²) in [5.41, 5.74) is 9.68. The molecule has 0 aromatic heterocycles. The Kier molecular flexibility index (Phi) is 5.73. The van der Waals surface area contributed by atoms with Crippen molar-refractivity contribution in [3.05, 3.63) is 80.2 Å². The first-order valence-electron chi connectivity index (χ1n) is 12.5. The summed E-state index contributed by atoms with van der Waals surface area (Å²) in [6.45, 7) is 14.2. The summed E-state index contributed by atoms with van der Waals surface area (Å²) < 4.78 is 4.47. The fourth-order valence-electron chi connectivity index (χ4n) is 5.84. The Balaban J connectivity index is 1.78. The Labute approximate surface area is 203 Å². The molecule has 5 rings (SSSR count). The minimum atomic E-state index is -2.06. The first kappa shape index (κ1) is 22.5. The van der Waals surface area contributed by atoms with E-state index >= 15 is 0 Å². The monoisotopic (exact) mass is 500 g/mol. The summed E-state index contributed by atoms with van der Waals surface area (Å²) in [5, 5.41) is 0. The molecular formula is C31H38Zr. The van der Waals surface area contributed by atoms with E-state index in [-0.39, 0.29) is 10.8 Å². The van der Waals surface area contributed by atoms with Crippen LogP contribution in [0.5, 0.6) is 0 Å². The molecule has 0 heterocycles. The van der Waals surface area contributed by atoms with Gasteiger partial charge in [0, 0.05) is 0 Å². The van der Waals surface area contributed by atoms with E-state index in [0.717, 1.165) is 0 Å². The molecule has 0 radical (unpaired) electrons. The first-order valence-corrected chi connectivity index (χ1v) is 16.4. The molecule has 1 heteroatoms. The van der Waals surface area contributed by atoms with Gasteiger partial charge in [0.1, 0.15) is 0 Å². The first-order chi connectivity index (χ1) is 15.1. The van der Waals surface area contributed by atoms with Crippen LogP contribution in [-0.4, -0.2) is 3.21 Å². The molecule has 1 fully saturated rings. The molecular weight excluding hydrogens is 464 g/mol. The number of hydrogen-bond acceptors (Lipinski definition) is 0. The summed E-state index contributed by atoms with van der Waals surface area (Å²) in [6.07, 6.45) is 14.1. The van der Waals surface area contributed by atoms with Crippen LogP contribution < -0.4 is 0 Å². The second kappa shape index (κ2) is 8.16. The predicted octanol–water partition coefficient (Wildman–Crippen LogP) is 8.56. The van der Waals surface area contributed by atoms with Gasteiger partial charge in [0.25, 0.3) is 0 Å². The Morgan fingerprint density at radius 1 is 0.750 bits per heavy atom. The SMILES string of the molecule is CC(C)(C)c1ccc2c(c1)[CH]([Zr]([C]1=CC=CC1)=[C]1CCCC1)c1cc(C(C)(C)C)ccc1-2. The molecule has 0 aliphatic heterocycles. The van der Waals surface area contributed by atoms with E-state index in [1.165, 1.54) is 54.4 Å². The van der Waals surface area contributed by atoms with Crippen LogP contribution in [-0.2, 0) is 32.1 Å². The Morgan fingerprint density at radius 3 is 1.72 bits per heavy atom. The number of hydrogen-bond donors (Lipinski definition) is 0. The van der Waals surface area contributed by atoms with Gasteiger partial charge in [0.15, 0.2) is 0 Å². The van der Waals surface area contributed by atoms with Crippen molar-refractivity contribution in [2.24, 2.45) is 0 Å². The zero-order valence-corrected chi connectivity index (χ0v) is 23.3. The third-order valence-electron chi connectivity index (χ3n) is 7.74. The number of rotatable bonds is 2. The van der Waals surface area contributed by atoms with Crippen LogP contribution in [0.15, 0.2) is 57.9 Å². The maximum atomic E-state index is 2.61. The van der Waals surface area contributed by atoms with Crippen molar-refractivity contribution in [1.82, 2.24) is 0 Å². The van der Waals surface area contributed by atoms with E-state index < -0.39 is 21.3 Å². The van der Waals surface area contributed by atoms with E-state index in [2.05, 4.69) is 96.2 Å². The molecule has 0 spiro atoms. The van der Waals surface area contributed by atoms with Crippen molar-refractivity contribution in [2.45, 2.75) is 88.1 Å². The van der Waals surface area contributed by atoms with E-state index in [9.17, 15) is 0 Å². The van der Waals surface area contributed by atoms with Gasteiger partial charge in [-0.25, -0.2) is 0 Å². The molecule has 0 bridgehead atoms. The fourth-order valence-corrected chi connectivity index (χ4v) is 15.3. The second-order valence-corrected chi connectivity index (χ2v) is 18.9. The fraction of sp³-hybridized carbons (Fsp3) is 0.452. The van der Waals surface area contributed by atoms with Crippen molar-refractivity contribution in [1.29, 1.82) is 0 Å². The summed E-state index contributed by atoms with van der Waals surface area (Å²) in [5.74, 6) is 0. The minimum absolute atomic E-state index is 0.184. The van der Waals surface area contributed by atoms with Crippen LogP contribution in [0.4, 0.5) is 0 Å². The van der Waals surface area contributed by atoms with Crippen LogP contribution in [0.25, 0.3) is 11.1 Å². The van der Waals surface area contributed by atoms with Gasteiger partial charge in [0.05, 0.1) is 0 Å². The van der Waals surface area contributed by atoms with Crippen molar-refractivity contribution in [3.8, 4) is 11.1 Å². The zero-order valence-electron chi connectivity index (χ0n) is 20.8. The van der Waals surface area contributed by atoms with Gasteiger partial charge in [-0.15, -0.1) is 0 Å². The quantitative estimate of drug-likeness (QED) is 0.386. The van der Waals surface area contributed by atoms with Crippen molar-refractivity contribution in [3.63, 3.8) is 0 Å². The Morgan fingerprint density at radius 2 is 1.28 bits per heavy atom. The standard InChI is InChI=1S/C21H25.C5H8.C5H5.Zr/c1-20(2,3)16-7-9-18-14(12-16)11-15-13-17(21(4,5)6)8-10-19(15)18;2*1-2-4-5-3-1;/h7-13H,1-6H3;1-4H2;1-3H,4H2;. The van der Waals surface area contributed by atoms with E-state index in [1.54, 1.807) is 11.1 Å². The van der Waals surface area contributed by atoms with E-state index in [4.69, 9.17) is 0 Å². The molecule has 1 saturated carbocycles. The van der Waals surface area contributed by atoms with Gasteiger partial charge in [-0.2, -0.15) is 0 Å². The number of benzene rings is 2. The molecule has 3 aliphatic rings. The van der Waals surface area contributed by atoms with Crippen molar-refractivity contribution >= 4 is 3.21 Å². The Bertz CT molecular complexity index is 1090. The Hall–Kier alpha value is -1.33. The van der Waals surface area contributed by atoms with Gasteiger partial charge < -0.3 is 0 Å². The van der Waals surface area contributed by atoms with Crippen molar-refractivity contribution < 1.29 is 21.3 Å². The maximum absolute atomic E-state index is 2.61. The van der Waals surface area contributed by atoms with Crippen LogP contribution >= 0.6 is 0 Å². The molecule has 0 atom stereocenters. The normalized spacial score (nSPS) is 18.2. The second-order valence-electron chi connectivity index (χ2n) is 12.1. The van der Waals surface area contributed by atoms with Gasteiger partial charge in [-0.1, -0.05) is 0 Å². The van der Waals surface area contributed by atoms with Crippen LogP contribution in [0.1, 0.15) is 99.5 Å². The average Bonchev–Trinajstić information content (AvgIpc) is 3.48. The van der Waals surface area contributed by atoms with Crippen molar-refractivity contribution in [2.75, 3.05) is 0 Å². The summed E-state index contributed by atoms with van der Waals surface area (Å²) in [6, 6.07) is 14.9. The molecule has 0 amide bonds. The molecule has 2 aromatic rings. The third-order valence-corrected chi connectivity index (χ3v) is 16.4. The summed E-state index contributed by atoms with van der Waals surface area (Å²) in [7, 11) is 0. The van der Waals surface area contributed by atoms with E-state index in [0.29, 0.717) is 3.63 Å². The van der Waals surface area contributed by atoms with Crippen LogP contribution in [0.2, 0.25) is 0 Å². The molecule has 2 aromatic carbocycles. The zero-order chi connectivity index (χ0) is 22.7. The van der Waals surface area contributed by atoms with Gasteiger partial charge in [0.2, 0.25) is 0 Å². The molecule has 32 heavy (non-hydrogen) atoms. The molecule has 0 saturated heterocycles. The van der Waals surface area contributed by atoms with Gasteiger partial charge in [-0.3, -0.25) is 0 Å². The molecule has 166 valence electrons. The molecule has 0 nitrogen and oxygen atoms in total. The number of fused-ring (bicyclic) bond motifs is 3. The molecule has 0 unspecified atom stereocenters. The third kappa shape index (κ3) is 3.94. The topological polar surface area (TPSA) is 0 Å². The molecule has 3 aliphatic carbocycles. The van der Waals surface area contributed by atoms with Crippen LogP contribution in [0.3, 0.4) is 0 Å². The summed E-state index contributed by atoms with van der Waals surface area (Å²) in [4.78, 5) is 0.